The molecule has 2 N–H and O–H groups in total. The maximum absolute atomic E-state index is 12.3. The number of sulfonamides is 1. The Morgan fingerprint density at radius 1 is 1.14 bits per heavy atom. The summed E-state index contributed by atoms with van der Waals surface area (Å²) in [4.78, 5) is 26.0. The number of amides is 2. The van der Waals surface area contributed by atoms with Gasteiger partial charge < -0.3 is 9.64 Å². The molecule has 0 aliphatic carbocycles. The van der Waals surface area contributed by atoms with Crippen molar-refractivity contribution in [1.29, 1.82) is 0 Å². The van der Waals surface area contributed by atoms with Gasteiger partial charge in [0.1, 0.15) is 10.5 Å². The predicted octanol–water partition coefficient (Wildman–Crippen LogP) is 1.40. The number of nitrogens with one attached hydrogen (secondary N) is 2. The Morgan fingerprint density at radius 2 is 1.79 bits per heavy atom. The van der Waals surface area contributed by atoms with E-state index in [0.717, 1.165) is 0 Å². The Hall–Kier alpha value is -2.62. The second kappa shape index (κ2) is 7.42. The molecule has 0 radical (unpaired) electrons. The highest BCUT2D eigenvalue weighted by Gasteiger charge is 2.34. The third kappa shape index (κ3) is 4.44. The van der Waals surface area contributed by atoms with E-state index in [1.54, 1.807) is 45.0 Å². The molecular formula is C18H24N4O5S. The minimum Gasteiger partial charge on any atom is -0.443 e. The number of hydrogen-bond acceptors (Lipinski definition) is 6. The fourth-order valence-corrected chi connectivity index (χ4v) is 4.42. The SMILES string of the molecule is CC(C)(C)OC(=O)NNC(=O)C1CCN(C2=NS(=O)(=O)c3ccccc32)CC1. The molecule has 2 aliphatic rings. The van der Waals surface area contributed by atoms with Crippen molar-refractivity contribution in [3.05, 3.63) is 29.8 Å². The van der Waals surface area contributed by atoms with E-state index in [-0.39, 0.29) is 16.7 Å². The lowest BCUT2D eigenvalue weighted by Crippen LogP contribution is -2.49. The zero-order valence-corrected chi connectivity index (χ0v) is 16.9. The zero-order valence-electron chi connectivity index (χ0n) is 16.1. The topological polar surface area (TPSA) is 117 Å². The van der Waals surface area contributed by atoms with E-state index < -0.39 is 21.7 Å². The van der Waals surface area contributed by atoms with Crippen LogP contribution in [0.2, 0.25) is 0 Å². The summed E-state index contributed by atoms with van der Waals surface area (Å²) in [6, 6.07) is 6.73. The van der Waals surface area contributed by atoms with Gasteiger partial charge in [-0.2, -0.15) is 8.42 Å². The molecule has 3 rings (SSSR count). The van der Waals surface area contributed by atoms with E-state index in [0.29, 0.717) is 37.3 Å². The number of ether oxygens (including phenoxy) is 1. The molecule has 0 unspecified atom stereocenters. The number of piperidine rings is 1. The second-order valence-electron chi connectivity index (χ2n) is 7.76. The number of benzene rings is 1. The molecule has 0 bridgehead atoms. The third-order valence-electron chi connectivity index (χ3n) is 4.46. The molecule has 2 aliphatic heterocycles. The van der Waals surface area contributed by atoms with Gasteiger partial charge in [-0.25, -0.2) is 10.2 Å². The summed E-state index contributed by atoms with van der Waals surface area (Å²) < 4.78 is 33.4. The molecule has 2 heterocycles. The molecule has 10 heteroatoms. The first kappa shape index (κ1) is 20.1. The number of rotatable bonds is 1. The van der Waals surface area contributed by atoms with Gasteiger partial charge >= 0.3 is 6.09 Å². The van der Waals surface area contributed by atoms with E-state index in [2.05, 4.69) is 15.2 Å². The predicted molar refractivity (Wildman–Crippen MR) is 102 cm³/mol. The van der Waals surface area contributed by atoms with Crippen molar-refractivity contribution in [1.82, 2.24) is 15.8 Å². The number of hydrazine groups is 1. The van der Waals surface area contributed by atoms with Crippen LogP contribution in [-0.2, 0) is 19.6 Å². The maximum atomic E-state index is 12.3. The van der Waals surface area contributed by atoms with Crippen LogP contribution in [0.1, 0.15) is 39.2 Å². The van der Waals surface area contributed by atoms with Crippen LogP contribution in [0.4, 0.5) is 4.79 Å². The summed E-state index contributed by atoms with van der Waals surface area (Å²) in [7, 11) is -3.66. The first-order valence-electron chi connectivity index (χ1n) is 9.05. The van der Waals surface area contributed by atoms with Crippen molar-refractivity contribution in [2.45, 2.75) is 44.1 Å². The Morgan fingerprint density at radius 3 is 2.43 bits per heavy atom. The molecular weight excluding hydrogens is 384 g/mol. The van der Waals surface area contributed by atoms with Gasteiger partial charge in [0.25, 0.3) is 10.0 Å². The smallest absolute Gasteiger partial charge is 0.426 e. The summed E-state index contributed by atoms with van der Waals surface area (Å²) in [6.45, 7) is 6.18. The molecule has 1 saturated heterocycles. The van der Waals surface area contributed by atoms with Crippen molar-refractivity contribution >= 4 is 27.9 Å². The van der Waals surface area contributed by atoms with Crippen molar-refractivity contribution < 1.29 is 22.7 Å². The highest BCUT2D eigenvalue weighted by Crippen LogP contribution is 2.29. The van der Waals surface area contributed by atoms with Crippen molar-refractivity contribution in [2.24, 2.45) is 10.3 Å². The van der Waals surface area contributed by atoms with Gasteiger partial charge in [0.2, 0.25) is 5.91 Å². The third-order valence-corrected chi connectivity index (χ3v) is 5.79. The number of carbonyl (C=O) groups is 2. The second-order valence-corrected chi connectivity index (χ2v) is 9.34. The molecule has 1 aromatic carbocycles. The quantitative estimate of drug-likeness (QED) is 0.679. The lowest BCUT2D eigenvalue weighted by molar-refractivity contribution is -0.127. The maximum Gasteiger partial charge on any atom is 0.426 e. The van der Waals surface area contributed by atoms with Crippen LogP contribution < -0.4 is 10.9 Å². The number of likely N-dealkylation sites (tertiary alicyclic amines) is 1. The molecule has 152 valence electrons. The Bertz CT molecular complexity index is 912. The van der Waals surface area contributed by atoms with E-state index in [1.165, 1.54) is 0 Å². The van der Waals surface area contributed by atoms with E-state index >= 15 is 0 Å². The Labute approximate surface area is 164 Å². The molecule has 1 fully saturated rings. The van der Waals surface area contributed by atoms with Gasteiger partial charge in [0, 0.05) is 24.6 Å². The summed E-state index contributed by atoms with van der Waals surface area (Å²) in [5.74, 6) is -0.159. The summed E-state index contributed by atoms with van der Waals surface area (Å²) in [5, 5.41) is 0. The average Bonchev–Trinajstić information content (AvgIpc) is 2.90. The van der Waals surface area contributed by atoms with Crippen LogP contribution >= 0.6 is 0 Å². The molecule has 0 atom stereocenters. The summed E-state index contributed by atoms with van der Waals surface area (Å²) in [6.07, 6.45) is 0.312. The zero-order chi connectivity index (χ0) is 20.5. The molecule has 0 spiro atoms. The van der Waals surface area contributed by atoms with Crippen molar-refractivity contribution in [3.63, 3.8) is 0 Å². The minimum atomic E-state index is -3.66. The average molecular weight is 408 g/mol. The fourth-order valence-electron chi connectivity index (χ4n) is 3.19. The number of amidine groups is 1. The van der Waals surface area contributed by atoms with Crippen LogP contribution in [0.25, 0.3) is 0 Å². The monoisotopic (exact) mass is 408 g/mol. The highest BCUT2D eigenvalue weighted by atomic mass is 32.2. The van der Waals surface area contributed by atoms with Gasteiger partial charge in [-0.3, -0.25) is 10.2 Å². The van der Waals surface area contributed by atoms with Crippen LogP contribution in [0.15, 0.2) is 33.6 Å². The minimum absolute atomic E-state index is 0.214. The van der Waals surface area contributed by atoms with Gasteiger partial charge in [-0.1, -0.05) is 12.1 Å². The van der Waals surface area contributed by atoms with Crippen LogP contribution in [0.3, 0.4) is 0 Å². The van der Waals surface area contributed by atoms with Crippen molar-refractivity contribution in [3.8, 4) is 0 Å². The van der Waals surface area contributed by atoms with Crippen LogP contribution in [0.5, 0.6) is 0 Å². The molecule has 0 saturated carbocycles. The van der Waals surface area contributed by atoms with E-state index in [9.17, 15) is 18.0 Å². The Balaban J connectivity index is 1.55. The van der Waals surface area contributed by atoms with Crippen LogP contribution in [-0.4, -0.2) is 49.8 Å². The molecule has 0 aromatic heterocycles. The molecule has 9 nitrogen and oxygen atoms in total. The van der Waals surface area contributed by atoms with Gasteiger partial charge in [-0.15, -0.1) is 4.40 Å². The summed E-state index contributed by atoms with van der Waals surface area (Å²) >= 11 is 0. The molecule has 2 amide bonds. The van der Waals surface area contributed by atoms with Crippen LogP contribution in [0, 0.1) is 5.92 Å². The molecule has 1 aromatic rings. The number of hydrogen-bond donors (Lipinski definition) is 2. The number of nitrogens with zero attached hydrogens (tertiary/aromatic N) is 2. The standard InChI is InChI=1S/C18H24N4O5S/c1-18(2,3)27-17(24)20-19-16(23)12-8-10-22(11-9-12)15-13-6-4-5-7-14(13)28(25,26)21-15/h4-7,12H,8-11H2,1-3H3,(H,19,23)(H,20,24). The normalized spacial score (nSPS) is 18.8. The van der Waals surface area contributed by atoms with E-state index in [1.807, 2.05) is 4.90 Å². The van der Waals surface area contributed by atoms with Gasteiger partial charge in [-0.05, 0) is 45.7 Å². The number of carbonyl (C=O) groups excluding carboxylic acids is 2. The molecule has 28 heavy (non-hydrogen) atoms. The lowest BCUT2D eigenvalue weighted by atomic mass is 9.95. The van der Waals surface area contributed by atoms with Gasteiger partial charge in [0.05, 0.1) is 0 Å². The van der Waals surface area contributed by atoms with E-state index in [4.69, 9.17) is 4.74 Å². The van der Waals surface area contributed by atoms with Gasteiger partial charge in [0.15, 0.2) is 5.84 Å². The highest BCUT2D eigenvalue weighted by molar-refractivity contribution is 7.90. The fraction of sp³-hybridized carbons (Fsp3) is 0.500. The Kier molecular flexibility index (Phi) is 5.33. The van der Waals surface area contributed by atoms with Crippen molar-refractivity contribution in [2.75, 3.05) is 13.1 Å². The number of fused-ring (bicyclic) bond motifs is 1. The first-order chi connectivity index (χ1) is 13.1. The first-order valence-corrected chi connectivity index (χ1v) is 10.5. The summed E-state index contributed by atoms with van der Waals surface area (Å²) in [5.41, 5.74) is 4.57. The lowest BCUT2D eigenvalue weighted by Gasteiger charge is -2.32. The largest absolute Gasteiger partial charge is 0.443 e.